The van der Waals surface area contributed by atoms with Crippen molar-refractivity contribution in [1.29, 1.82) is 0 Å². The minimum Gasteiger partial charge on any atom is -0.508 e. The quantitative estimate of drug-likeness (QED) is 0.794. The van der Waals surface area contributed by atoms with Crippen molar-refractivity contribution in [2.75, 3.05) is 19.6 Å². The van der Waals surface area contributed by atoms with E-state index in [0.717, 1.165) is 17.7 Å². The van der Waals surface area contributed by atoms with E-state index in [2.05, 4.69) is 5.32 Å². The highest BCUT2D eigenvalue weighted by Crippen LogP contribution is 2.29. The Labute approximate surface area is 171 Å². The molecule has 3 amide bonds. The van der Waals surface area contributed by atoms with Gasteiger partial charge in [0, 0.05) is 19.6 Å². The fourth-order valence-corrected chi connectivity index (χ4v) is 3.22. The van der Waals surface area contributed by atoms with E-state index < -0.39 is 17.8 Å². The van der Waals surface area contributed by atoms with Crippen LogP contribution in [0.4, 0.5) is 18.0 Å². The summed E-state index contributed by atoms with van der Waals surface area (Å²) in [5, 5.41) is 12.4. The number of alkyl halides is 3. The van der Waals surface area contributed by atoms with Crippen LogP contribution >= 0.6 is 0 Å². The maximum Gasteiger partial charge on any atom is 0.416 e. The normalized spacial score (nSPS) is 15.8. The molecule has 0 saturated carbocycles. The minimum absolute atomic E-state index is 0.0978. The van der Waals surface area contributed by atoms with Crippen molar-refractivity contribution in [1.82, 2.24) is 15.1 Å². The number of carbonyl (C=O) groups excluding carboxylic acids is 2. The second-order valence-corrected chi connectivity index (χ2v) is 7.20. The van der Waals surface area contributed by atoms with Crippen molar-refractivity contribution < 1.29 is 27.9 Å². The number of nitrogens with one attached hydrogen (secondary N) is 1. The number of piperazine rings is 1. The minimum atomic E-state index is -4.40. The molecule has 0 aromatic heterocycles. The number of amides is 3. The summed E-state index contributed by atoms with van der Waals surface area (Å²) in [7, 11) is 0. The highest BCUT2D eigenvalue weighted by atomic mass is 19.4. The number of aromatic hydroxyl groups is 1. The van der Waals surface area contributed by atoms with E-state index in [1.165, 1.54) is 28.0 Å². The van der Waals surface area contributed by atoms with E-state index >= 15 is 0 Å². The summed E-state index contributed by atoms with van der Waals surface area (Å²) in [4.78, 5) is 27.8. The Hall–Kier alpha value is -3.23. The molecular formula is C21H22F3N3O3. The highest BCUT2D eigenvalue weighted by molar-refractivity contribution is 5.85. The number of phenols is 1. The molecule has 1 aliphatic heterocycles. The highest BCUT2D eigenvalue weighted by Gasteiger charge is 2.31. The van der Waals surface area contributed by atoms with Crippen LogP contribution < -0.4 is 5.32 Å². The number of carbonyl (C=O) groups is 2. The number of rotatable bonds is 4. The smallest absolute Gasteiger partial charge is 0.416 e. The molecule has 9 heteroatoms. The average molecular weight is 421 g/mol. The molecule has 3 rings (SSSR count). The number of urea groups is 1. The van der Waals surface area contributed by atoms with Gasteiger partial charge in [-0.3, -0.25) is 4.79 Å². The second-order valence-electron chi connectivity index (χ2n) is 7.20. The van der Waals surface area contributed by atoms with Gasteiger partial charge in [0.1, 0.15) is 12.3 Å². The van der Waals surface area contributed by atoms with Crippen molar-refractivity contribution in [2.45, 2.75) is 25.7 Å². The van der Waals surface area contributed by atoms with Crippen LogP contribution in [0.1, 0.15) is 29.7 Å². The summed E-state index contributed by atoms with van der Waals surface area (Å²) in [6, 6.07) is 10.5. The number of halogens is 3. The first kappa shape index (κ1) is 21.5. The lowest BCUT2D eigenvalue weighted by Crippen LogP contribution is -2.54. The van der Waals surface area contributed by atoms with Gasteiger partial charge in [0.25, 0.3) is 0 Å². The molecule has 160 valence electrons. The molecule has 0 bridgehead atoms. The first-order chi connectivity index (χ1) is 14.1. The van der Waals surface area contributed by atoms with E-state index in [4.69, 9.17) is 0 Å². The van der Waals surface area contributed by atoms with Crippen molar-refractivity contribution in [3.63, 3.8) is 0 Å². The Kier molecular flexibility index (Phi) is 6.19. The van der Waals surface area contributed by atoms with Crippen LogP contribution in [0, 0.1) is 0 Å². The van der Waals surface area contributed by atoms with Gasteiger partial charge in [0.15, 0.2) is 0 Å². The third-order valence-corrected chi connectivity index (χ3v) is 4.97. The molecule has 6 nitrogen and oxygen atoms in total. The van der Waals surface area contributed by atoms with Gasteiger partial charge in [-0.15, -0.1) is 0 Å². The largest absolute Gasteiger partial charge is 0.508 e. The van der Waals surface area contributed by atoms with Gasteiger partial charge in [-0.25, -0.2) is 4.79 Å². The Morgan fingerprint density at radius 1 is 1.17 bits per heavy atom. The molecule has 1 heterocycles. The van der Waals surface area contributed by atoms with Gasteiger partial charge in [0.2, 0.25) is 5.91 Å². The van der Waals surface area contributed by atoms with Gasteiger partial charge >= 0.3 is 12.2 Å². The first-order valence-electron chi connectivity index (χ1n) is 9.42. The molecule has 1 fully saturated rings. The summed E-state index contributed by atoms with van der Waals surface area (Å²) in [5.74, 6) is -0.179. The zero-order valence-corrected chi connectivity index (χ0v) is 16.3. The maximum atomic E-state index is 12.7. The van der Waals surface area contributed by atoms with E-state index in [1.54, 1.807) is 25.1 Å². The number of hydrogen-bond acceptors (Lipinski definition) is 3. The standard InChI is InChI=1S/C21H22F3N3O3/c1-14(16-3-2-4-18(28)11-16)25-20(30)27-10-9-26(19(29)13-27)12-15-5-7-17(8-6-15)21(22,23)24/h2-8,11,14,28H,9-10,12-13H2,1H3,(H,25,30)/t14-/m0/s1. The summed E-state index contributed by atoms with van der Waals surface area (Å²) in [5.41, 5.74) is 0.585. The lowest BCUT2D eigenvalue weighted by molar-refractivity contribution is -0.138. The van der Waals surface area contributed by atoms with E-state index in [0.29, 0.717) is 12.1 Å². The van der Waals surface area contributed by atoms with Gasteiger partial charge in [-0.05, 0) is 42.3 Å². The Balaban J connectivity index is 1.54. The predicted molar refractivity (Wildman–Crippen MR) is 103 cm³/mol. The fourth-order valence-electron chi connectivity index (χ4n) is 3.22. The van der Waals surface area contributed by atoms with Gasteiger partial charge in [-0.1, -0.05) is 24.3 Å². The van der Waals surface area contributed by atoms with Crippen molar-refractivity contribution in [3.8, 4) is 5.75 Å². The maximum absolute atomic E-state index is 12.7. The predicted octanol–water partition coefficient (Wildman–Crippen LogP) is 3.53. The SMILES string of the molecule is C[C@H](NC(=O)N1CCN(Cc2ccc(C(F)(F)F)cc2)C(=O)C1)c1cccc(O)c1. The van der Waals surface area contributed by atoms with Crippen LogP contribution in [0.2, 0.25) is 0 Å². The van der Waals surface area contributed by atoms with Crippen LogP contribution in [-0.2, 0) is 17.5 Å². The van der Waals surface area contributed by atoms with Crippen molar-refractivity contribution >= 4 is 11.9 Å². The molecule has 1 aliphatic rings. The molecule has 0 radical (unpaired) electrons. The van der Waals surface area contributed by atoms with E-state index in [1.807, 2.05) is 0 Å². The van der Waals surface area contributed by atoms with Gasteiger partial charge in [0.05, 0.1) is 11.6 Å². The molecular weight excluding hydrogens is 399 g/mol. The molecule has 0 aliphatic carbocycles. The molecule has 30 heavy (non-hydrogen) atoms. The third kappa shape index (κ3) is 5.22. The lowest BCUT2D eigenvalue weighted by atomic mass is 10.1. The van der Waals surface area contributed by atoms with Crippen molar-refractivity contribution in [2.24, 2.45) is 0 Å². The topological polar surface area (TPSA) is 72.9 Å². The van der Waals surface area contributed by atoms with Crippen LogP contribution in [0.5, 0.6) is 5.75 Å². The van der Waals surface area contributed by atoms with Crippen LogP contribution in [-0.4, -0.2) is 46.5 Å². The van der Waals surface area contributed by atoms with Gasteiger partial charge < -0.3 is 20.2 Å². The van der Waals surface area contributed by atoms with Crippen LogP contribution in [0.3, 0.4) is 0 Å². The number of benzene rings is 2. The fraction of sp³-hybridized carbons (Fsp3) is 0.333. The second kappa shape index (κ2) is 8.64. The first-order valence-corrected chi connectivity index (χ1v) is 9.42. The van der Waals surface area contributed by atoms with E-state index in [-0.39, 0.29) is 37.3 Å². The molecule has 2 aromatic carbocycles. The summed E-state index contributed by atoms with van der Waals surface area (Å²) < 4.78 is 38.0. The average Bonchev–Trinajstić information content (AvgIpc) is 2.69. The molecule has 2 aromatic rings. The van der Waals surface area contributed by atoms with Crippen molar-refractivity contribution in [3.05, 3.63) is 65.2 Å². The Morgan fingerprint density at radius 3 is 2.47 bits per heavy atom. The van der Waals surface area contributed by atoms with Crippen LogP contribution in [0.25, 0.3) is 0 Å². The summed E-state index contributed by atoms with van der Waals surface area (Å²) in [6.07, 6.45) is -4.40. The number of nitrogens with zero attached hydrogens (tertiary/aromatic N) is 2. The van der Waals surface area contributed by atoms with E-state index in [9.17, 15) is 27.9 Å². The Morgan fingerprint density at radius 2 is 1.87 bits per heavy atom. The van der Waals surface area contributed by atoms with Crippen LogP contribution in [0.15, 0.2) is 48.5 Å². The lowest BCUT2D eigenvalue weighted by Gasteiger charge is -2.35. The van der Waals surface area contributed by atoms with Gasteiger partial charge in [-0.2, -0.15) is 13.2 Å². The molecule has 0 spiro atoms. The zero-order chi connectivity index (χ0) is 21.9. The molecule has 1 saturated heterocycles. The molecule has 1 atom stereocenters. The Bertz CT molecular complexity index is 916. The summed E-state index contributed by atoms with van der Waals surface area (Å²) in [6.45, 7) is 2.44. The molecule has 2 N–H and O–H groups in total. The molecule has 0 unspecified atom stereocenters. The zero-order valence-electron chi connectivity index (χ0n) is 16.3. The number of phenolic OH excluding ortho intramolecular Hbond substituents is 1. The summed E-state index contributed by atoms with van der Waals surface area (Å²) >= 11 is 0. The number of hydrogen-bond donors (Lipinski definition) is 2. The monoisotopic (exact) mass is 421 g/mol. The third-order valence-electron chi connectivity index (χ3n) is 4.97.